The number of rotatable bonds is 1. The Morgan fingerprint density at radius 1 is 1.15 bits per heavy atom. The van der Waals surface area contributed by atoms with Crippen molar-refractivity contribution < 1.29 is 28.2 Å². The molecule has 6 fully saturated rings. The quantitative estimate of drug-likeness (QED) is 0.567. The number of hydrogen-bond donors (Lipinski definition) is 0. The molecule has 6 heteroatoms. The van der Waals surface area contributed by atoms with E-state index < -0.39 is 0 Å². The minimum atomic E-state index is -0.230. The number of carbonyl (C=O) groups excluding carboxylic acids is 1. The molecule has 1 aromatic heterocycles. The highest BCUT2D eigenvalue weighted by Gasteiger charge is 2.80. The summed E-state index contributed by atoms with van der Waals surface area (Å²) >= 11 is 0. The predicted octanol–water partition coefficient (Wildman–Crippen LogP) is 2.44. The molecule has 0 unspecified atom stereocenters. The van der Waals surface area contributed by atoms with E-state index in [4.69, 9.17) is 23.4 Å². The number of esters is 1. The molecule has 1 aromatic rings. The van der Waals surface area contributed by atoms with Crippen LogP contribution in [-0.2, 0) is 23.7 Å². The van der Waals surface area contributed by atoms with Crippen molar-refractivity contribution in [1.29, 1.82) is 0 Å². The summed E-state index contributed by atoms with van der Waals surface area (Å²) in [5, 5.41) is 0. The van der Waals surface area contributed by atoms with Gasteiger partial charge in [0.1, 0.15) is 0 Å². The first-order valence-corrected chi connectivity index (χ1v) is 9.78. The van der Waals surface area contributed by atoms with E-state index in [-0.39, 0.29) is 59.3 Å². The first-order valence-electron chi connectivity index (χ1n) is 9.78. The van der Waals surface area contributed by atoms with Crippen LogP contribution in [0.5, 0.6) is 0 Å². The Bertz CT molecular complexity index is 790. The van der Waals surface area contributed by atoms with Crippen molar-refractivity contribution >= 4 is 5.97 Å². The smallest absolute Gasteiger partial charge is 0.309 e. The van der Waals surface area contributed by atoms with Gasteiger partial charge in [0.2, 0.25) is 0 Å². The topological polar surface area (TPSA) is 70.4 Å². The molecule has 138 valence electrons. The third kappa shape index (κ3) is 1.44. The first kappa shape index (κ1) is 14.7. The highest BCUT2D eigenvalue weighted by molar-refractivity contribution is 5.76. The van der Waals surface area contributed by atoms with Gasteiger partial charge in [-0.2, -0.15) is 0 Å². The number of furan rings is 1. The van der Waals surface area contributed by atoms with Gasteiger partial charge in [-0.3, -0.25) is 4.79 Å². The fourth-order valence-corrected chi connectivity index (χ4v) is 7.38. The lowest BCUT2D eigenvalue weighted by molar-refractivity contribution is -0.152. The van der Waals surface area contributed by atoms with E-state index in [9.17, 15) is 4.79 Å². The lowest BCUT2D eigenvalue weighted by atomic mass is 9.44. The summed E-state index contributed by atoms with van der Waals surface area (Å²) in [6.07, 6.45) is 6.37. The summed E-state index contributed by atoms with van der Waals surface area (Å²) in [5.74, 6) is 0.579. The van der Waals surface area contributed by atoms with E-state index in [0.717, 1.165) is 24.8 Å². The number of epoxide rings is 1. The van der Waals surface area contributed by atoms with E-state index in [1.165, 1.54) is 0 Å². The lowest BCUT2D eigenvalue weighted by Crippen LogP contribution is -2.60. The molecule has 2 saturated carbocycles. The molecule has 0 amide bonds. The van der Waals surface area contributed by atoms with Crippen LogP contribution in [0.1, 0.15) is 37.9 Å². The summed E-state index contributed by atoms with van der Waals surface area (Å²) in [6.45, 7) is 2.82. The van der Waals surface area contributed by atoms with Crippen LogP contribution in [0.2, 0.25) is 0 Å². The van der Waals surface area contributed by atoms with Crippen molar-refractivity contribution in [1.82, 2.24) is 0 Å². The molecular weight excluding hydrogens is 336 g/mol. The zero-order valence-electron chi connectivity index (χ0n) is 14.6. The van der Waals surface area contributed by atoms with Crippen molar-refractivity contribution in [3.8, 4) is 0 Å². The molecule has 2 aliphatic carbocycles. The Labute approximate surface area is 151 Å². The molecule has 6 nitrogen and oxygen atoms in total. The van der Waals surface area contributed by atoms with Gasteiger partial charge in [-0.1, -0.05) is 6.92 Å². The fraction of sp³-hybridized carbons (Fsp3) is 0.750. The average molecular weight is 358 g/mol. The normalized spacial score (nSPS) is 58.6. The molecule has 5 heterocycles. The van der Waals surface area contributed by atoms with Gasteiger partial charge in [-0.05, 0) is 31.2 Å². The van der Waals surface area contributed by atoms with Crippen LogP contribution in [0.15, 0.2) is 23.0 Å². The van der Waals surface area contributed by atoms with E-state index in [0.29, 0.717) is 12.5 Å². The number of ether oxygens (including phenoxy) is 4. The van der Waals surface area contributed by atoms with Gasteiger partial charge >= 0.3 is 5.97 Å². The monoisotopic (exact) mass is 358 g/mol. The first-order chi connectivity index (χ1) is 12.6. The summed E-state index contributed by atoms with van der Waals surface area (Å²) < 4.78 is 29.9. The highest BCUT2D eigenvalue weighted by Crippen LogP contribution is 2.75. The predicted molar refractivity (Wildman–Crippen MR) is 85.7 cm³/mol. The third-order valence-electron chi connectivity index (χ3n) is 8.54. The zero-order chi connectivity index (χ0) is 17.3. The maximum Gasteiger partial charge on any atom is 0.309 e. The Balaban J connectivity index is 1.38. The van der Waals surface area contributed by atoms with Gasteiger partial charge in [0.15, 0.2) is 6.29 Å². The van der Waals surface area contributed by atoms with Crippen molar-refractivity contribution in [2.75, 3.05) is 6.61 Å². The van der Waals surface area contributed by atoms with Crippen molar-refractivity contribution in [3.05, 3.63) is 24.2 Å². The lowest BCUT2D eigenvalue weighted by Gasteiger charge is -2.54. The van der Waals surface area contributed by atoms with E-state index in [2.05, 4.69) is 6.92 Å². The second-order valence-corrected chi connectivity index (χ2v) is 9.24. The summed E-state index contributed by atoms with van der Waals surface area (Å²) in [5.41, 5.74) is 0.812. The second-order valence-electron chi connectivity index (χ2n) is 9.24. The van der Waals surface area contributed by atoms with Crippen LogP contribution >= 0.6 is 0 Å². The van der Waals surface area contributed by atoms with E-state index in [1.807, 2.05) is 6.07 Å². The van der Waals surface area contributed by atoms with Gasteiger partial charge < -0.3 is 23.4 Å². The maximum atomic E-state index is 12.5. The second kappa shape index (κ2) is 4.37. The van der Waals surface area contributed by atoms with Crippen LogP contribution in [0, 0.1) is 28.6 Å². The molecule has 0 radical (unpaired) electrons. The van der Waals surface area contributed by atoms with Crippen molar-refractivity contribution in [2.24, 2.45) is 28.6 Å². The van der Waals surface area contributed by atoms with E-state index >= 15 is 0 Å². The van der Waals surface area contributed by atoms with Gasteiger partial charge in [-0.15, -0.1) is 0 Å². The molecule has 10 atom stereocenters. The van der Waals surface area contributed by atoms with Gasteiger partial charge in [0.05, 0.1) is 49.5 Å². The highest BCUT2D eigenvalue weighted by atomic mass is 16.7. The van der Waals surface area contributed by atoms with Gasteiger partial charge in [0, 0.05) is 22.3 Å². The van der Waals surface area contributed by atoms with Crippen LogP contribution in [0.3, 0.4) is 0 Å². The molecule has 2 spiro atoms. The Morgan fingerprint density at radius 3 is 2.92 bits per heavy atom. The number of carbonyl (C=O) groups is 1. The largest absolute Gasteiger partial charge is 0.472 e. The molecule has 0 N–H and O–H groups in total. The molecule has 2 bridgehead atoms. The van der Waals surface area contributed by atoms with Gasteiger partial charge in [0.25, 0.3) is 0 Å². The van der Waals surface area contributed by atoms with Crippen molar-refractivity contribution in [2.45, 2.75) is 56.9 Å². The van der Waals surface area contributed by atoms with Crippen LogP contribution in [-0.4, -0.2) is 37.2 Å². The Hall–Kier alpha value is -1.37. The molecular formula is C20H22O6. The summed E-state index contributed by atoms with van der Waals surface area (Å²) in [6, 6.07) is 1.98. The molecule has 4 saturated heterocycles. The maximum absolute atomic E-state index is 12.5. The Kier molecular flexibility index (Phi) is 2.46. The number of fused-ring (bicyclic) bond motifs is 3. The van der Waals surface area contributed by atoms with Gasteiger partial charge in [-0.25, -0.2) is 0 Å². The minimum absolute atomic E-state index is 0.0205. The Morgan fingerprint density at radius 2 is 2.08 bits per heavy atom. The molecule has 7 rings (SSSR count). The third-order valence-corrected chi connectivity index (χ3v) is 8.54. The summed E-state index contributed by atoms with van der Waals surface area (Å²) in [4.78, 5) is 12.5. The molecule has 26 heavy (non-hydrogen) atoms. The number of hydrogen-bond acceptors (Lipinski definition) is 6. The fourth-order valence-electron chi connectivity index (χ4n) is 7.38. The number of cyclic esters (lactones) is 1. The van der Waals surface area contributed by atoms with Crippen molar-refractivity contribution in [3.63, 3.8) is 0 Å². The SMILES string of the molecule is C[C@@H]1[C@H]2C[C@@]34COC(=O)[C@H]3C[C@H]3O[C@H]3[C@H]4[C@@]13C[C@@H](c1ccoc1)O[C@H]3O2. The standard InChI is InChI=1S/C20H22O6/c1-9-13-5-19-8-23-17(21)11(19)4-12-15(24-12)16(19)20(9)6-14(26-18(20)25-13)10-2-3-22-7-10/h2-3,7,9,11-16,18H,4-6,8H2,1H3/t9-,11-,12-,13-,14+,15-,16-,18-,19-,20-/m1/s1. The summed E-state index contributed by atoms with van der Waals surface area (Å²) in [7, 11) is 0. The molecule has 6 aliphatic rings. The molecule has 0 aromatic carbocycles. The zero-order valence-corrected chi connectivity index (χ0v) is 14.6. The van der Waals surface area contributed by atoms with Crippen LogP contribution in [0.25, 0.3) is 0 Å². The van der Waals surface area contributed by atoms with Crippen LogP contribution in [0.4, 0.5) is 0 Å². The average Bonchev–Trinajstić information content (AvgIpc) is 2.93. The minimum Gasteiger partial charge on any atom is -0.472 e. The van der Waals surface area contributed by atoms with E-state index in [1.54, 1.807) is 12.5 Å². The van der Waals surface area contributed by atoms with Crippen LogP contribution < -0.4 is 0 Å². The molecule has 4 aliphatic heterocycles.